The number of halogens is 1. The van der Waals surface area contributed by atoms with E-state index in [1.54, 1.807) is 6.20 Å². The maximum atomic E-state index is 5.97. The summed E-state index contributed by atoms with van der Waals surface area (Å²) in [6.07, 6.45) is 6.44. The Morgan fingerprint density at radius 1 is 1.38 bits per heavy atom. The van der Waals surface area contributed by atoms with E-state index in [1.165, 1.54) is 6.20 Å². The fourth-order valence-electron chi connectivity index (χ4n) is 2.64. The molecule has 9 heteroatoms. The van der Waals surface area contributed by atoms with Crippen LogP contribution in [-0.4, -0.2) is 39.6 Å². The molecule has 2 aliphatic rings. The summed E-state index contributed by atoms with van der Waals surface area (Å²) in [5, 5.41) is 7.94. The van der Waals surface area contributed by atoms with Crippen molar-refractivity contribution in [1.29, 1.82) is 0 Å². The number of nitrogens with zero attached hydrogens (tertiary/aromatic N) is 4. The Kier molecular flexibility index (Phi) is 4.15. The van der Waals surface area contributed by atoms with Crippen molar-refractivity contribution in [1.82, 2.24) is 19.7 Å². The van der Waals surface area contributed by atoms with E-state index in [-0.39, 0.29) is 5.82 Å². The number of anilines is 3. The number of nitrogen functional groups attached to an aromatic ring is 1. The zero-order valence-corrected chi connectivity index (χ0v) is 13.9. The van der Waals surface area contributed by atoms with Crippen LogP contribution in [0.25, 0.3) is 0 Å². The molecule has 0 aromatic carbocycles. The second kappa shape index (κ2) is 6.45. The zero-order chi connectivity index (χ0) is 16.5. The molecule has 24 heavy (non-hydrogen) atoms. The van der Waals surface area contributed by atoms with Crippen LogP contribution >= 0.6 is 11.6 Å². The van der Waals surface area contributed by atoms with Gasteiger partial charge in [0.2, 0.25) is 5.95 Å². The van der Waals surface area contributed by atoms with Gasteiger partial charge in [-0.1, -0.05) is 11.6 Å². The normalized spacial score (nSPS) is 20.3. The summed E-state index contributed by atoms with van der Waals surface area (Å²) in [7, 11) is 0. The standard InChI is InChI=1S/C15H19ClN6O2/c16-11-5-18-15(20-13(11)17)21-14-12(6-19-22(14)10-1-2-10)24-8-9-3-4-23-7-9/h5-6,9-10H,1-4,7-8H2,(H3,17,18,20,21). The molecule has 1 saturated heterocycles. The summed E-state index contributed by atoms with van der Waals surface area (Å²) in [5.74, 6) is 2.46. The van der Waals surface area contributed by atoms with Gasteiger partial charge in [-0.15, -0.1) is 0 Å². The van der Waals surface area contributed by atoms with E-state index in [0.717, 1.165) is 38.3 Å². The Morgan fingerprint density at radius 2 is 2.25 bits per heavy atom. The summed E-state index contributed by atoms with van der Waals surface area (Å²) >= 11 is 5.88. The summed E-state index contributed by atoms with van der Waals surface area (Å²) in [6, 6.07) is 0.393. The fourth-order valence-corrected chi connectivity index (χ4v) is 2.73. The molecule has 2 aromatic rings. The minimum absolute atomic E-state index is 0.234. The second-order valence-corrected chi connectivity index (χ2v) is 6.53. The van der Waals surface area contributed by atoms with Gasteiger partial charge in [0.25, 0.3) is 0 Å². The highest BCUT2D eigenvalue weighted by molar-refractivity contribution is 6.32. The van der Waals surface area contributed by atoms with Gasteiger partial charge < -0.3 is 20.5 Å². The van der Waals surface area contributed by atoms with E-state index < -0.39 is 0 Å². The molecular weight excluding hydrogens is 332 g/mol. The number of nitrogens with one attached hydrogen (secondary N) is 1. The third kappa shape index (κ3) is 3.25. The summed E-state index contributed by atoms with van der Waals surface area (Å²) in [5.41, 5.74) is 5.75. The minimum atomic E-state index is 0.234. The monoisotopic (exact) mass is 350 g/mol. The number of aromatic nitrogens is 4. The first kappa shape index (κ1) is 15.5. The molecule has 4 rings (SSSR count). The molecule has 1 aliphatic carbocycles. The van der Waals surface area contributed by atoms with Gasteiger partial charge >= 0.3 is 0 Å². The number of hydrogen-bond donors (Lipinski definition) is 2. The van der Waals surface area contributed by atoms with Gasteiger partial charge in [0.1, 0.15) is 10.8 Å². The Morgan fingerprint density at radius 3 is 2.96 bits per heavy atom. The predicted molar refractivity (Wildman–Crippen MR) is 89.7 cm³/mol. The fraction of sp³-hybridized carbons (Fsp3) is 0.533. The summed E-state index contributed by atoms with van der Waals surface area (Å²) in [4.78, 5) is 8.32. The SMILES string of the molecule is Nc1nc(Nc2c(OCC3CCOC3)cnn2C2CC2)ncc1Cl. The van der Waals surface area contributed by atoms with Gasteiger partial charge in [0, 0.05) is 12.5 Å². The number of nitrogens with two attached hydrogens (primary N) is 1. The molecule has 0 amide bonds. The molecule has 1 aliphatic heterocycles. The van der Waals surface area contributed by atoms with Crippen molar-refractivity contribution in [3.63, 3.8) is 0 Å². The number of rotatable bonds is 6. The average molecular weight is 351 g/mol. The number of hydrogen-bond acceptors (Lipinski definition) is 7. The largest absolute Gasteiger partial charge is 0.488 e. The maximum absolute atomic E-state index is 5.97. The molecule has 2 aromatic heterocycles. The Labute approximate surface area is 144 Å². The van der Waals surface area contributed by atoms with Gasteiger partial charge in [0.15, 0.2) is 11.6 Å². The maximum Gasteiger partial charge on any atom is 0.230 e. The quantitative estimate of drug-likeness (QED) is 0.825. The molecule has 3 N–H and O–H groups in total. The van der Waals surface area contributed by atoms with Crippen LogP contribution < -0.4 is 15.8 Å². The molecule has 0 bridgehead atoms. The van der Waals surface area contributed by atoms with Crippen LogP contribution in [0.5, 0.6) is 5.75 Å². The predicted octanol–water partition coefficient (Wildman–Crippen LogP) is 2.40. The van der Waals surface area contributed by atoms with Crippen LogP contribution in [0.4, 0.5) is 17.6 Å². The highest BCUT2D eigenvalue weighted by Gasteiger charge is 2.29. The molecule has 1 unspecified atom stereocenters. The molecule has 1 atom stereocenters. The first-order chi connectivity index (χ1) is 11.7. The van der Waals surface area contributed by atoms with Gasteiger partial charge in [-0.3, -0.25) is 0 Å². The van der Waals surface area contributed by atoms with Crippen molar-refractivity contribution in [3.8, 4) is 5.75 Å². The Bertz CT molecular complexity index is 727. The Balaban J connectivity index is 1.54. The van der Waals surface area contributed by atoms with E-state index in [4.69, 9.17) is 26.8 Å². The van der Waals surface area contributed by atoms with Gasteiger partial charge in [-0.05, 0) is 19.3 Å². The van der Waals surface area contributed by atoms with Crippen LogP contribution in [0.1, 0.15) is 25.3 Å². The molecule has 3 heterocycles. The van der Waals surface area contributed by atoms with E-state index in [2.05, 4.69) is 20.4 Å². The summed E-state index contributed by atoms with van der Waals surface area (Å²) < 4.78 is 13.3. The van der Waals surface area contributed by atoms with Crippen molar-refractivity contribution in [2.75, 3.05) is 30.9 Å². The first-order valence-electron chi connectivity index (χ1n) is 8.04. The van der Waals surface area contributed by atoms with Gasteiger partial charge in [-0.2, -0.15) is 10.1 Å². The summed E-state index contributed by atoms with van der Waals surface area (Å²) in [6.45, 7) is 2.16. The first-order valence-corrected chi connectivity index (χ1v) is 8.41. The lowest BCUT2D eigenvalue weighted by Gasteiger charge is -2.13. The van der Waals surface area contributed by atoms with Gasteiger partial charge in [0.05, 0.1) is 31.6 Å². The van der Waals surface area contributed by atoms with E-state index >= 15 is 0 Å². The smallest absolute Gasteiger partial charge is 0.230 e. The Hall–Kier alpha value is -2.06. The topological polar surface area (TPSA) is 100 Å². The van der Waals surface area contributed by atoms with Crippen LogP contribution in [0.2, 0.25) is 5.02 Å². The molecule has 128 valence electrons. The zero-order valence-electron chi connectivity index (χ0n) is 13.1. The molecule has 1 saturated carbocycles. The second-order valence-electron chi connectivity index (χ2n) is 6.13. The van der Waals surface area contributed by atoms with Crippen molar-refractivity contribution < 1.29 is 9.47 Å². The van der Waals surface area contributed by atoms with Crippen LogP contribution in [0, 0.1) is 5.92 Å². The van der Waals surface area contributed by atoms with Crippen molar-refractivity contribution >= 4 is 29.2 Å². The van der Waals surface area contributed by atoms with E-state index in [0.29, 0.717) is 35.3 Å². The highest BCUT2D eigenvalue weighted by Crippen LogP contribution is 2.40. The average Bonchev–Trinajstić information content (AvgIpc) is 3.13. The lowest BCUT2D eigenvalue weighted by molar-refractivity contribution is 0.167. The minimum Gasteiger partial charge on any atom is -0.488 e. The van der Waals surface area contributed by atoms with E-state index in [9.17, 15) is 0 Å². The third-order valence-electron chi connectivity index (χ3n) is 4.15. The van der Waals surface area contributed by atoms with Crippen molar-refractivity contribution in [2.45, 2.75) is 25.3 Å². The molecule has 8 nitrogen and oxygen atoms in total. The molecule has 0 radical (unpaired) electrons. The van der Waals surface area contributed by atoms with Crippen LogP contribution in [0.15, 0.2) is 12.4 Å². The van der Waals surface area contributed by atoms with Crippen molar-refractivity contribution in [3.05, 3.63) is 17.4 Å². The molecular formula is C15H19ClN6O2. The third-order valence-corrected chi connectivity index (χ3v) is 4.45. The van der Waals surface area contributed by atoms with Crippen LogP contribution in [0.3, 0.4) is 0 Å². The molecule has 0 spiro atoms. The van der Waals surface area contributed by atoms with E-state index in [1.807, 2.05) is 4.68 Å². The van der Waals surface area contributed by atoms with Gasteiger partial charge in [-0.25, -0.2) is 9.67 Å². The van der Waals surface area contributed by atoms with Crippen LogP contribution in [-0.2, 0) is 4.74 Å². The van der Waals surface area contributed by atoms with Crippen molar-refractivity contribution in [2.24, 2.45) is 5.92 Å². The lowest BCUT2D eigenvalue weighted by Crippen LogP contribution is -2.13. The number of ether oxygens (including phenoxy) is 2. The lowest BCUT2D eigenvalue weighted by atomic mass is 10.1. The highest BCUT2D eigenvalue weighted by atomic mass is 35.5. The molecule has 2 fully saturated rings.